The van der Waals surface area contributed by atoms with Gasteiger partial charge in [-0.15, -0.1) is 0 Å². The Bertz CT molecular complexity index is 826. The maximum atomic E-state index is 12.6. The van der Waals surface area contributed by atoms with Crippen LogP contribution >= 0.6 is 0 Å². The Morgan fingerprint density at radius 3 is 2.57 bits per heavy atom. The molecule has 148 valence electrons. The van der Waals surface area contributed by atoms with E-state index in [2.05, 4.69) is 5.32 Å². The van der Waals surface area contributed by atoms with Crippen molar-refractivity contribution in [3.8, 4) is 0 Å². The number of anilines is 2. The van der Waals surface area contributed by atoms with Crippen LogP contribution in [0.25, 0.3) is 0 Å². The highest BCUT2D eigenvalue weighted by Crippen LogP contribution is 2.38. The molecule has 0 spiro atoms. The van der Waals surface area contributed by atoms with E-state index < -0.39 is 0 Å². The van der Waals surface area contributed by atoms with E-state index in [1.165, 1.54) is 12.8 Å². The minimum Gasteiger partial charge on any atom is -0.353 e. The number of hydrogen-bond donors (Lipinski definition) is 1. The lowest BCUT2D eigenvalue weighted by Crippen LogP contribution is -2.38. The van der Waals surface area contributed by atoms with Gasteiger partial charge < -0.3 is 15.1 Å². The zero-order valence-electron chi connectivity index (χ0n) is 16.2. The standard InChI is InChI=1S/C22H27N3O3/c26-20-12-16(21(27)23-17-3-1-2-4-17)13-25(20)18-7-8-19-15(11-18)9-10-24(19)22(28)14-5-6-14/h7-8,11,14,16-17H,1-6,9-10,12-13H2,(H,23,27)/t16-/m1/s1. The maximum absolute atomic E-state index is 12.6. The normalized spacial score (nSPS) is 24.7. The van der Waals surface area contributed by atoms with Crippen LogP contribution in [-0.2, 0) is 20.8 Å². The molecule has 6 heteroatoms. The molecule has 6 nitrogen and oxygen atoms in total. The molecule has 3 amide bonds. The van der Waals surface area contributed by atoms with Crippen molar-refractivity contribution in [1.82, 2.24) is 5.32 Å². The second-order valence-electron chi connectivity index (χ2n) is 8.72. The Morgan fingerprint density at radius 2 is 1.82 bits per heavy atom. The second kappa shape index (κ2) is 6.90. The van der Waals surface area contributed by atoms with Gasteiger partial charge in [-0.05, 0) is 55.9 Å². The third-order valence-electron chi connectivity index (χ3n) is 6.66. The number of rotatable bonds is 4. The van der Waals surface area contributed by atoms with Gasteiger partial charge in [0.05, 0.1) is 5.92 Å². The second-order valence-corrected chi connectivity index (χ2v) is 8.72. The first-order chi connectivity index (χ1) is 13.6. The predicted octanol–water partition coefficient (Wildman–Crippen LogP) is 2.40. The molecule has 3 fully saturated rings. The van der Waals surface area contributed by atoms with E-state index in [1.54, 1.807) is 4.90 Å². The Morgan fingerprint density at radius 1 is 1.04 bits per heavy atom. The molecule has 1 saturated heterocycles. The number of carbonyl (C=O) groups is 3. The van der Waals surface area contributed by atoms with Crippen molar-refractivity contribution in [3.63, 3.8) is 0 Å². The average Bonchev–Trinajstić information content (AvgIpc) is 3.08. The van der Waals surface area contributed by atoms with E-state index in [9.17, 15) is 14.4 Å². The molecule has 2 heterocycles. The van der Waals surface area contributed by atoms with Crippen LogP contribution in [0.1, 0.15) is 50.5 Å². The highest BCUT2D eigenvalue weighted by atomic mass is 16.2. The van der Waals surface area contributed by atoms with E-state index in [0.717, 1.165) is 55.6 Å². The van der Waals surface area contributed by atoms with Gasteiger partial charge in [0.25, 0.3) is 0 Å². The summed E-state index contributed by atoms with van der Waals surface area (Å²) in [6, 6.07) is 6.21. The van der Waals surface area contributed by atoms with Crippen molar-refractivity contribution in [2.75, 3.05) is 22.9 Å². The summed E-state index contributed by atoms with van der Waals surface area (Å²) in [4.78, 5) is 41.2. The summed E-state index contributed by atoms with van der Waals surface area (Å²) in [6.07, 6.45) is 7.59. The smallest absolute Gasteiger partial charge is 0.230 e. The third kappa shape index (κ3) is 3.19. The molecule has 1 aromatic carbocycles. The molecule has 2 aliphatic heterocycles. The molecule has 5 rings (SSSR count). The number of benzene rings is 1. The summed E-state index contributed by atoms with van der Waals surface area (Å²) in [5, 5.41) is 3.13. The molecular formula is C22H27N3O3. The van der Waals surface area contributed by atoms with Crippen LogP contribution in [-0.4, -0.2) is 36.9 Å². The fraction of sp³-hybridized carbons (Fsp3) is 0.591. The number of fused-ring (bicyclic) bond motifs is 1. The van der Waals surface area contributed by atoms with E-state index in [4.69, 9.17) is 0 Å². The minimum absolute atomic E-state index is 0.00966. The highest BCUT2D eigenvalue weighted by Gasteiger charge is 2.38. The lowest BCUT2D eigenvalue weighted by molar-refractivity contribution is -0.126. The summed E-state index contributed by atoms with van der Waals surface area (Å²) in [7, 11) is 0. The largest absolute Gasteiger partial charge is 0.353 e. The number of nitrogens with zero attached hydrogens (tertiary/aromatic N) is 2. The van der Waals surface area contributed by atoms with Crippen molar-refractivity contribution < 1.29 is 14.4 Å². The van der Waals surface area contributed by atoms with Crippen LogP contribution in [0, 0.1) is 11.8 Å². The summed E-state index contributed by atoms with van der Waals surface area (Å²) >= 11 is 0. The number of amides is 3. The Balaban J connectivity index is 1.28. The molecule has 0 bridgehead atoms. The summed E-state index contributed by atoms with van der Waals surface area (Å²) in [6.45, 7) is 1.18. The molecule has 1 N–H and O–H groups in total. The first-order valence-corrected chi connectivity index (χ1v) is 10.6. The zero-order chi connectivity index (χ0) is 19.3. The van der Waals surface area contributed by atoms with Gasteiger partial charge in [-0.25, -0.2) is 0 Å². The topological polar surface area (TPSA) is 69.7 Å². The van der Waals surface area contributed by atoms with Gasteiger partial charge in [0, 0.05) is 42.8 Å². The predicted molar refractivity (Wildman–Crippen MR) is 106 cm³/mol. The Hall–Kier alpha value is -2.37. The van der Waals surface area contributed by atoms with E-state index in [1.807, 2.05) is 23.1 Å². The average molecular weight is 381 g/mol. The highest BCUT2D eigenvalue weighted by molar-refractivity contribution is 6.02. The molecule has 2 aliphatic carbocycles. The van der Waals surface area contributed by atoms with Crippen LogP contribution < -0.4 is 15.1 Å². The van der Waals surface area contributed by atoms with Crippen LogP contribution in [0.3, 0.4) is 0 Å². The molecule has 4 aliphatic rings. The minimum atomic E-state index is -0.269. The number of nitrogens with one attached hydrogen (secondary N) is 1. The molecule has 28 heavy (non-hydrogen) atoms. The lowest BCUT2D eigenvalue weighted by atomic mass is 10.1. The number of carbonyl (C=O) groups excluding carboxylic acids is 3. The van der Waals surface area contributed by atoms with Crippen molar-refractivity contribution in [2.24, 2.45) is 11.8 Å². The van der Waals surface area contributed by atoms with Gasteiger partial charge in [-0.1, -0.05) is 12.8 Å². The molecule has 1 atom stereocenters. The van der Waals surface area contributed by atoms with Crippen LogP contribution in [0.5, 0.6) is 0 Å². The summed E-state index contributed by atoms with van der Waals surface area (Å²) in [5.74, 6) is 0.215. The number of hydrogen-bond acceptors (Lipinski definition) is 3. The first-order valence-electron chi connectivity index (χ1n) is 10.6. The van der Waals surface area contributed by atoms with E-state index in [0.29, 0.717) is 6.54 Å². The van der Waals surface area contributed by atoms with Crippen LogP contribution in [0.15, 0.2) is 18.2 Å². The fourth-order valence-electron chi connectivity index (χ4n) is 4.86. The third-order valence-corrected chi connectivity index (χ3v) is 6.66. The van der Waals surface area contributed by atoms with Crippen LogP contribution in [0.4, 0.5) is 11.4 Å². The maximum Gasteiger partial charge on any atom is 0.230 e. The zero-order valence-corrected chi connectivity index (χ0v) is 16.2. The summed E-state index contributed by atoms with van der Waals surface area (Å²) in [5.41, 5.74) is 2.96. The fourth-order valence-corrected chi connectivity index (χ4v) is 4.86. The molecule has 2 saturated carbocycles. The van der Waals surface area contributed by atoms with Crippen molar-refractivity contribution in [2.45, 2.75) is 57.4 Å². The molecule has 0 unspecified atom stereocenters. The van der Waals surface area contributed by atoms with Gasteiger partial charge in [-0.3, -0.25) is 14.4 Å². The molecule has 1 aromatic rings. The molecular weight excluding hydrogens is 354 g/mol. The Kier molecular flexibility index (Phi) is 4.37. The monoisotopic (exact) mass is 381 g/mol. The van der Waals surface area contributed by atoms with Gasteiger partial charge in [-0.2, -0.15) is 0 Å². The Labute approximate surface area is 165 Å². The van der Waals surface area contributed by atoms with Gasteiger partial charge in [0.15, 0.2) is 0 Å². The van der Waals surface area contributed by atoms with Crippen molar-refractivity contribution in [3.05, 3.63) is 23.8 Å². The van der Waals surface area contributed by atoms with Gasteiger partial charge >= 0.3 is 0 Å². The van der Waals surface area contributed by atoms with E-state index in [-0.39, 0.29) is 42.0 Å². The summed E-state index contributed by atoms with van der Waals surface area (Å²) < 4.78 is 0. The van der Waals surface area contributed by atoms with Gasteiger partial charge in [0.2, 0.25) is 17.7 Å². The quantitative estimate of drug-likeness (QED) is 0.871. The van der Waals surface area contributed by atoms with Crippen molar-refractivity contribution >= 4 is 29.1 Å². The van der Waals surface area contributed by atoms with E-state index >= 15 is 0 Å². The van der Waals surface area contributed by atoms with Crippen LogP contribution in [0.2, 0.25) is 0 Å². The SMILES string of the molecule is O=C(NC1CCCC1)[C@@H]1CC(=O)N(c2ccc3c(c2)CCN3C(=O)C2CC2)C1. The lowest BCUT2D eigenvalue weighted by Gasteiger charge is -2.20. The molecule has 0 radical (unpaired) electrons. The van der Waals surface area contributed by atoms with Crippen molar-refractivity contribution in [1.29, 1.82) is 0 Å². The van der Waals surface area contributed by atoms with Gasteiger partial charge in [0.1, 0.15) is 0 Å². The molecule has 0 aromatic heterocycles. The first kappa shape index (κ1) is 17.7.